The summed E-state index contributed by atoms with van der Waals surface area (Å²) in [6.07, 6.45) is 3.89. The maximum atomic E-state index is 12.5. The predicted octanol–water partition coefficient (Wildman–Crippen LogP) is 3.51. The first kappa shape index (κ1) is 22.7. The van der Waals surface area contributed by atoms with Gasteiger partial charge in [0, 0.05) is 31.6 Å². The van der Waals surface area contributed by atoms with Crippen LogP contribution in [0.15, 0.2) is 42.6 Å². The summed E-state index contributed by atoms with van der Waals surface area (Å²) >= 11 is 5.80. The summed E-state index contributed by atoms with van der Waals surface area (Å²) < 4.78 is 5.61. The average molecular weight is 444 g/mol. The van der Waals surface area contributed by atoms with E-state index in [-0.39, 0.29) is 30.1 Å². The van der Waals surface area contributed by atoms with Crippen LogP contribution in [0.5, 0.6) is 5.75 Å². The summed E-state index contributed by atoms with van der Waals surface area (Å²) in [6.45, 7) is 2.56. The number of hydrogen-bond acceptors (Lipinski definition) is 5. The van der Waals surface area contributed by atoms with Crippen LogP contribution in [0.25, 0.3) is 0 Å². The number of ether oxygens (including phenoxy) is 1. The molecule has 0 saturated carbocycles. The van der Waals surface area contributed by atoms with Crippen molar-refractivity contribution in [1.29, 1.82) is 0 Å². The molecule has 1 aromatic carbocycles. The minimum atomic E-state index is -0.162. The minimum Gasteiger partial charge on any atom is -0.484 e. The minimum absolute atomic E-state index is 0.0433. The number of anilines is 1. The van der Waals surface area contributed by atoms with Crippen LogP contribution >= 0.6 is 11.6 Å². The highest BCUT2D eigenvalue weighted by molar-refractivity contribution is 6.30. The Morgan fingerprint density at radius 3 is 2.45 bits per heavy atom. The van der Waals surface area contributed by atoms with Gasteiger partial charge in [0.1, 0.15) is 17.4 Å². The Labute approximate surface area is 186 Å². The van der Waals surface area contributed by atoms with Gasteiger partial charge >= 0.3 is 0 Å². The molecule has 0 bridgehead atoms. The lowest BCUT2D eigenvalue weighted by Gasteiger charge is -2.31. The Balaban J connectivity index is 1.40. The number of pyridine rings is 1. The average Bonchev–Trinajstić information content (AvgIpc) is 2.78. The summed E-state index contributed by atoms with van der Waals surface area (Å²) in [5.41, 5.74) is 1.06. The fourth-order valence-electron chi connectivity index (χ4n) is 3.38. The van der Waals surface area contributed by atoms with Gasteiger partial charge in [-0.1, -0.05) is 23.7 Å². The smallest absolute Gasteiger partial charge is 0.260 e. The molecule has 8 heteroatoms. The normalized spacial score (nSPS) is 14.2. The van der Waals surface area contributed by atoms with Gasteiger partial charge in [0.25, 0.3) is 5.91 Å². The molecule has 3 rings (SSSR count). The number of rotatable bonds is 8. The zero-order valence-electron chi connectivity index (χ0n) is 17.5. The number of likely N-dealkylation sites (tertiary alicyclic amines) is 1. The first-order valence-corrected chi connectivity index (χ1v) is 10.7. The maximum absolute atomic E-state index is 12.5. The van der Waals surface area contributed by atoms with Gasteiger partial charge in [0.05, 0.1) is 5.02 Å². The van der Waals surface area contributed by atoms with Crippen molar-refractivity contribution in [3.05, 3.63) is 53.2 Å². The van der Waals surface area contributed by atoms with E-state index in [1.54, 1.807) is 24.0 Å². The quantitative estimate of drug-likeness (QED) is 0.674. The molecule has 0 spiro atoms. The number of benzene rings is 1. The van der Waals surface area contributed by atoms with Crippen LogP contribution in [0.1, 0.15) is 31.7 Å². The first-order chi connectivity index (χ1) is 14.9. The second-order valence-corrected chi connectivity index (χ2v) is 8.08. The molecule has 1 aliphatic heterocycles. The number of carbonyl (C=O) groups is 3. The Morgan fingerprint density at radius 1 is 1.13 bits per heavy atom. The highest BCUT2D eigenvalue weighted by atomic mass is 35.5. The zero-order valence-corrected chi connectivity index (χ0v) is 18.2. The standard InChI is InChI=1S/C23H26ClN3O4/c1-16(28)2-3-17-4-7-20(8-5-17)31-15-22(29)27-12-10-18(11-13-27)23(30)26-21-9-6-19(24)14-25-21/h4-9,14,18H,2-3,10-13,15H2,1H3,(H,25,26,30). The zero-order chi connectivity index (χ0) is 22.2. The topological polar surface area (TPSA) is 88.6 Å². The Kier molecular flexibility index (Phi) is 8.00. The Hall–Kier alpha value is -2.93. The van der Waals surface area contributed by atoms with E-state index in [1.165, 1.54) is 6.20 Å². The lowest BCUT2D eigenvalue weighted by molar-refractivity contribution is -0.136. The monoisotopic (exact) mass is 443 g/mol. The molecule has 0 aliphatic carbocycles. The van der Waals surface area contributed by atoms with Gasteiger partial charge in [0.15, 0.2) is 6.61 Å². The number of hydrogen-bond donors (Lipinski definition) is 1. The number of ketones is 1. The van der Waals surface area contributed by atoms with E-state index in [4.69, 9.17) is 16.3 Å². The van der Waals surface area contributed by atoms with E-state index < -0.39 is 0 Å². The second kappa shape index (κ2) is 10.9. The fourth-order valence-corrected chi connectivity index (χ4v) is 3.49. The van der Waals surface area contributed by atoms with Gasteiger partial charge in [-0.05, 0) is 56.0 Å². The molecule has 7 nitrogen and oxygen atoms in total. The SMILES string of the molecule is CC(=O)CCc1ccc(OCC(=O)N2CCC(C(=O)Nc3ccc(Cl)cn3)CC2)cc1. The molecule has 2 heterocycles. The van der Waals surface area contributed by atoms with Crippen LogP contribution in [-0.4, -0.2) is 47.2 Å². The summed E-state index contributed by atoms with van der Waals surface area (Å²) in [4.78, 5) is 41.7. The van der Waals surface area contributed by atoms with Gasteiger partial charge in [-0.15, -0.1) is 0 Å². The molecule has 1 saturated heterocycles. The molecule has 0 radical (unpaired) electrons. The largest absolute Gasteiger partial charge is 0.484 e. The van der Waals surface area contributed by atoms with Crippen molar-refractivity contribution in [3.8, 4) is 5.75 Å². The van der Waals surface area contributed by atoms with Crippen LogP contribution in [0.2, 0.25) is 5.02 Å². The molecule has 1 aromatic heterocycles. The molecule has 2 amide bonds. The Bertz CT molecular complexity index is 907. The number of nitrogens with zero attached hydrogens (tertiary/aromatic N) is 2. The van der Waals surface area contributed by atoms with Crippen LogP contribution in [0.4, 0.5) is 5.82 Å². The van der Waals surface area contributed by atoms with Crippen LogP contribution in [-0.2, 0) is 20.8 Å². The second-order valence-electron chi connectivity index (χ2n) is 7.64. The lowest BCUT2D eigenvalue weighted by Crippen LogP contribution is -2.43. The van der Waals surface area contributed by atoms with Gasteiger partial charge in [-0.3, -0.25) is 9.59 Å². The number of aryl methyl sites for hydroxylation is 1. The third-order valence-electron chi connectivity index (χ3n) is 5.25. The number of piperidine rings is 1. The number of amides is 2. The van der Waals surface area contributed by atoms with E-state index in [2.05, 4.69) is 10.3 Å². The van der Waals surface area contributed by atoms with Crippen molar-refractivity contribution >= 4 is 35.0 Å². The predicted molar refractivity (Wildman–Crippen MR) is 118 cm³/mol. The van der Waals surface area contributed by atoms with E-state index >= 15 is 0 Å². The number of halogens is 1. The van der Waals surface area contributed by atoms with E-state index in [9.17, 15) is 14.4 Å². The van der Waals surface area contributed by atoms with Crippen molar-refractivity contribution < 1.29 is 19.1 Å². The highest BCUT2D eigenvalue weighted by Crippen LogP contribution is 2.20. The molecular weight excluding hydrogens is 418 g/mol. The molecule has 2 aromatic rings. The number of aromatic nitrogens is 1. The van der Waals surface area contributed by atoms with Gasteiger partial charge in [-0.25, -0.2) is 4.98 Å². The lowest BCUT2D eigenvalue weighted by atomic mass is 9.96. The molecule has 1 N–H and O–H groups in total. The van der Waals surface area contributed by atoms with Crippen LogP contribution in [0.3, 0.4) is 0 Å². The summed E-state index contributed by atoms with van der Waals surface area (Å²) in [5.74, 6) is 0.888. The first-order valence-electron chi connectivity index (χ1n) is 10.3. The third-order valence-corrected chi connectivity index (χ3v) is 5.47. The van der Waals surface area contributed by atoms with Crippen LogP contribution in [0, 0.1) is 5.92 Å². The molecule has 1 fully saturated rings. The van der Waals surface area contributed by atoms with Gasteiger partial charge in [0.2, 0.25) is 5.91 Å². The summed E-state index contributed by atoms with van der Waals surface area (Å²) in [7, 11) is 0. The maximum Gasteiger partial charge on any atom is 0.260 e. The van der Waals surface area contributed by atoms with Crippen molar-refractivity contribution in [2.45, 2.75) is 32.6 Å². The number of carbonyl (C=O) groups excluding carboxylic acids is 3. The fraction of sp³-hybridized carbons (Fsp3) is 0.391. The van der Waals surface area contributed by atoms with Crippen molar-refractivity contribution in [3.63, 3.8) is 0 Å². The molecule has 0 atom stereocenters. The molecule has 0 unspecified atom stereocenters. The van der Waals surface area contributed by atoms with E-state index in [1.807, 2.05) is 24.3 Å². The summed E-state index contributed by atoms with van der Waals surface area (Å²) in [5, 5.41) is 3.30. The van der Waals surface area contributed by atoms with Gasteiger partial charge in [-0.2, -0.15) is 0 Å². The molecular formula is C23H26ClN3O4. The number of Topliss-reactive ketones (excluding diaryl/α,β-unsaturated/α-hetero) is 1. The third kappa shape index (κ3) is 7.07. The number of nitrogens with one attached hydrogen (secondary N) is 1. The van der Waals surface area contributed by atoms with Gasteiger partial charge < -0.3 is 19.7 Å². The Morgan fingerprint density at radius 2 is 1.84 bits per heavy atom. The highest BCUT2D eigenvalue weighted by Gasteiger charge is 2.27. The molecule has 1 aliphatic rings. The van der Waals surface area contributed by atoms with Crippen molar-refractivity contribution in [1.82, 2.24) is 9.88 Å². The molecule has 164 valence electrons. The van der Waals surface area contributed by atoms with Crippen LogP contribution < -0.4 is 10.1 Å². The molecule has 31 heavy (non-hydrogen) atoms. The van der Waals surface area contributed by atoms with E-state index in [0.29, 0.717) is 55.4 Å². The van der Waals surface area contributed by atoms with Crippen molar-refractivity contribution in [2.75, 3.05) is 25.0 Å². The van der Waals surface area contributed by atoms with E-state index in [0.717, 1.165) is 5.56 Å². The summed E-state index contributed by atoms with van der Waals surface area (Å²) in [6, 6.07) is 10.8. The van der Waals surface area contributed by atoms with Crippen molar-refractivity contribution in [2.24, 2.45) is 5.92 Å².